The maximum Gasteiger partial charge on any atom is 0.0979 e. The number of hydrogen-bond acceptors (Lipinski definition) is 2. The summed E-state index contributed by atoms with van der Waals surface area (Å²) in [5.74, 6) is 0. The van der Waals surface area contributed by atoms with Gasteiger partial charge in [-0.1, -0.05) is 153 Å². The van der Waals surface area contributed by atoms with Gasteiger partial charge in [-0.25, -0.2) is 4.98 Å². The molecule has 2 heterocycles. The first-order chi connectivity index (χ1) is 28.5. The summed E-state index contributed by atoms with van der Waals surface area (Å²) in [5, 5.41) is 7.21. The molecule has 12 rings (SSSR count). The molecule has 0 saturated heterocycles. The third-order valence-corrected chi connectivity index (χ3v) is 12.6. The topological polar surface area (TPSA) is 30.7 Å². The molecule has 1 aliphatic carbocycles. The monoisotopic (exact) mass is 739 g/mol. The van der Waals surface area contributed by atoms with E-state index in [9.17, 15) is 0 Å². The van der Waals surface area contributed by atoms with Crippen molar-refractivity contribution < 1.29 is 0 Å². The fourth-order valence-electron chi connectivity index (χ4n) is 9.70. The molecule has 11 aromatic rings. The normalized spacial score (nSPS) is 13.1. The van der Waals surface area contributed by atoms with Crippen LogP contribution in [0.5, 0.6) is 0 Å². The van der Waals surface area contributed by atoms with Crippen LogP contribution in [0.4, 0.5) is 0 Å². The molecule has 58 heavy (non-hydrogen) atoms. The van der Waals surface area contributed by atoms with Gasteiger partial charge in [0.2, 0.25) is 0 Å². The molecule has 0 N–H and O–H groups in total. The lowest BCUT2D eigenvalue weighted by Gasteiger charge is -2.22. The third kappa shape index (κ3) is 4.80. The van der Waals surface area contributed by atoms with E-state index in [2.05, 4.69) is 200 Å². The second-order valence-electron chi connectivity index (χ2n) is 16.2. The van der Waals surface area contributed by atoms with Gasteiger partial charge in [0.15, 0.2) is 0 Å². The van der Waals surface area contributed by atoms with Crippen LogP contribution in [0.15, 0.2) is 188 Å². The highest BCUT2D eigenvalue weighted by molar-refractivity contribution is 6.23. The number of nitrogens with zero attached hydrogens (tertiary/aromatic N) is 3. The van der Waals surface area contributed by atoms with Crippen molar-refractivity contribution in [2.45, 2.75) is 19.3 Å². The van der Waals surface area contributed by atoms with Gasteiger partial charge in [-0.2, -0.15) is 0 Å². The van der Waals surface area contributed by atoms with Gasteiger partial charge in [0.05, 0.1) is 34.0 Å². The Kier molecular flexibility index (Phi) is 6.98. The summed E-state index contributed by atoms with van der Waals surface area (Å²) in [4.78, 5) is 10.4. The van der Waals surface area contributed by atoms with Crippen molar-refractivity contribution in [3.05, 3.63) is 199 Å². The van der Waals surface area contributed by atoms with Crippen molar-refractivity contribution in [2.24, 2.45) is 0 Å². The van der Waals surface area contributed by atoms with E-state index in [-0.39, 0.29) is 5.41 Å². The highest BCUT2D eigenvalue weighted by atomic mass is 15.0. The Morgan fingerprint density at radius 1 is 0.397 bits per heavy atom. The van der Waals surface area contributed by atoms with Gasteiger partial charge >= 0.3 is 0 Å². The molecule has 0 spiro atoms. The average Bonchev–Trinajstić information content (AvgIpc) is 3.74. The van der Waals surface area contributed by atoms with E-state index >= 15 is 0 Å². The van der Waals surface area contributed by atoms with Crippen molar-refractivity contribution in [3.8, 4) is 50.3 Å². The number of rotatable bonds is 4. The van der Waals surface area contributed by atoms with Gasteiger partial charge in [0.1, 0.15) is 0 Å². The minimum Gasteiger partial charge on any atom is -0.309 e. The van der Waals surface area contributed by atoms with Crippen LogP contribution in [0.1, 0.15) is 25.0 Å². The number of fused-ring (bicyclic) bond motifs is 12. The summed E-state index contributed by atoms with van der Waals surface area (Å²) in [5.41, 5.74) is 17.4. The Morgan fingerprint density at radius 2 is 0.897 bits per heavy atom. The smallest absolute Gasteiger partial charge is 0.0979 e. The molecule has 0 amide bonds. The highest BCUT2D eigenvalue weighted by Crippen LogP contribution is 2.51. The van der Waals surface area contributed by atoms with Crippen molar-refractivity contribution in [2.75, 3.05) is 0 Å². The number of aromatic nitrogens is 3. The second-order valence-corrected chi connectivity index (χ2v) is 16.2. The molecule has 3 nitrogen and oxygen atoms in total. The zero-order valence-corrected chi connectivity index (χ0v) is 32.2. The van der Waals surface area contributed by atoms with E-state index < -0.39 is 0 Å². The molecule has 0 fully saturated rings. The van der Waals surface area contributed by atoms with Crippen LogP contribution in [0.2, 0.25) is 0 Å². The molecule has 0 aliphatic heterocycles. The zero-order chi connectivity index (χ0) is 38.5. The van der Waals surface area contributed by atoms with Gasteiger partial charge in [-0.05, 0) is 97.7 Å². The molecule has 0 bridgehead atoms. The molecular formula is C55H37N3. The standard InChI is InChI=1S/C55H37N3/c1-55(2)48-31-37(35-22-20-34(21-23-35)36-26-29-52-47(30-36)44-16-10-11-19-51(44)58(52)39-12-4-3-5-13-39)24-27-42(48)43-28-25-38(32-49(43)55)50-33-56-53-45-17-8-6-14-40(45)41-15-7-9-18-46(41)54(53)57-50/h3-33H,1-2H3. The Balaban J connectivity index is 0.881. The number of hydrogen-bond donors (Lipinski definition) is 0. The lowest BCUT2D eigenvalue weighted by molar-refractivity contribution is 0.661. The first kappa shape index (κ1) is 32.8. The third-order valence-electron chi connectivity index (χ3n) is 12.6. The first-order valence-corrected chi connectivity index (χ1v) is 20.1. The molecule has 1 aliphatic rings. The highest BCUT2D eigenvalue weighted by Gasteiger charge is 2.36. The van der Waals surface area contributed by atoms with Crippen LogP contribution in [0.25, 0.3) is 105 Å². The van der Waals surface area contributed by atoms with E-state index in [0.717, 1.165) is 33.1 Å². The minimum absolute atomic E-state index is 0.182. The first-order valence-electron chi connectivity index (χ1n) is 20.1. The lowest BCUT2D eigenvalue weighted by atomic mass is 9.81. The van der Waals surface area contributed by atoms with Crippen molar-refractivity contribution >= 4 is 54.4 Å². The molecule has 2 aromatic heterocycles. The van der Waals surface area contributed by atoms with Gasteiger partial charge in [0, 0.05) is 38.2 Å². The molecule has 9 aromatic carbocycles. The fourth-order valence-corrected chi connectivity index (χ4v) is 9.70. The van der Waals surface area contributed by atoms with E-state index in [1.807, 2.05) is 6.20 Å². The van der Waals surface area contributed by atoms with Crippen LogP contribution in [0, 0.1) is 0 Å². The largest absolute Gasteiger partial charge is 0.309 e. The van der Waals surface area contributed by atoms with E-state index in [1.165, 1.54) is 82.8 Å². The quantitative estimate of drug-likeness (QED) is 0.168. The summed E-state index contributed by atoms with van der Waals surface area (Å²) in [6.45, 7) is 4.70. The van der Waals surface area contributed by atoms with Gasteiger partial charge in [-0.15, -0.1) is 0 Å². The predicted octanol–water partition coefficient (Wildman–Crippen LogP) is 14.3. The summed E-state index contributed by atoms with van der Waals surface area (Å²) in [7, 11) is 0. The molecule has 0 radical (unpaired) electrons. The Morgan fingerprint density at radius 3 is 1.59 bits per heavy atom. The average molecular weight is 740 g/mol. The van der Waals surface area contributed by atoms with Crippen LogP contribution in [0.3, 0.4) is 0 Å². The van der Waals surface area contributed by atoms with E-state index in [4.69, 9.17) is 9.97 Å². The number of para-hydroxylation sites is 2. The zero-order valence-electron chi connectivity index (χ0n) is 32.2. The second kappa shape index (κ2) is 12.3. The van der Waals surface area contributed by atoms with Crippen molar-refractivity contribution in [3.63, 3.8) is 0 Å². The SMILES string of the molecule is CC1(C)c2cc(-c3ccc(-c4ccc5c(c4)c4ccccc4n5-c4ccccc4)cc3)ccc2-c2ccc(-c3cnc4c5ccccc5c5ccccc5c4n3)cc21. The van der Waals surface area contributed by atoms with Gasteiger partial charge in [-0.3, -0.25) is 4.98 Å². The van der Waals surface area contributed by atoms with Crippen molar-refractivity contribution in [1.82, 2.24) is 14.5 Å². The molecule has 0 atom stereocenters. The Hall–Kier alpha value is -7.36. The molecular weight excluding hydrogens is 703 g/mol. The summed E-state index contributed by atoms with van der Waals surface area (Å²) in [6.07, 6.45) is 1.95. The summed E-state index contributed by atoms with van der Waals surface area (Å²) < 4.78 is 2.37. The maximum atomic E-state index is 5.31. The Bertz CT molecular complexity index is 3430. The lowest BCUT2D eigenvalue weighted by Crippen LogP contribution is -2.15. The molecule has 272 valence electrons. The predicted molar refractivity (Wildman–Crippen MR) is 243 cm³/mol. The summed E-state index contributed by atoms with van der Waals surface area (Å²) >= 11 is 0. The van der Waals surface area contributed by atoms with Crippen LogP contribution in [-0.2, 0) is 5.41 Å². The van der Waals surface area contributed by atoms with Crippen LogP contribution >= 0.6 is 0 Å². The molecule has 0 saturated carbocycles. The minimum atomic E-state index is -0.182. The van der Waals surface area contributed by atoms with Crippen molar-refractivity contribution in [1.29, 1.82) is 0 Å². The molecule has 0 unspecified atom stereocenters. The van der Waals surface area contributed by atoms with E-state index in [0.29, 0.717) is 0 Å². The Labute approximate surface area is 336 Å². The van der Waals surface area contributed by atoms with E-state index in [1.54, 1.807) is 0 Å². The summed E-state index contributed by atoms with van der Waals surface area (Å²) in [6, 6.07) is 66.2. The maximum absolute atomic E-state index is 5.31. The van der Waals surface area contributed by atoms with Crippen LogP contribution < -0.4 is 0 Å². The van der Waals surface area contributed by atoms with Gasteiger partial charge in [0.25, 0.3) is 0 Å². The molecule has 3 heteroatoms. The van der Waals surface area contributed by atoms with Crippen LogP contribution in [-0.4, -0.2) is 14.5 Å². The van der Waals surface area contributed by atoms with Gasteiger partial charge < -0.3 is 4.57 Å². The fraction of sp³-hybridized carbons (Fsp3) is 0.0545. The number of benzene rings is 9.